The highest BCUT2D eigenvalue weighted by Crippen LogP contribution is 2.39. The Kier molecular flexibility index (Phi) is 6.16. The Morgan fingerprint density at radius 3 is 2.38 bits per heavy atom. The number of hydrogen-bond donors (Lipinski definition) is 0. The van der Waals surface area contributed by atoms with Gasteiger partial charge < -0.3 is 9.47 Å². The van der Waals surface area contributed by atoms with E-state index in [1.165, 1.54) is 18.2 Å². The number of hydrogen-bond acceptors (Lipinski definition) is 5. The van der Waals surface area contributed by atoms with Crippen LogP contribution in [0.3, 0.4) is 0 Å². The number of fused-ring (bicyclic) bond motifs is 1. The Labute approximate surface area is 182 Å². The van der Waals surface area contributed by atoms with Crippen LogP contribution < -0.4 is 9.04 Å². The molecule has 0 radical (unpaired) electrons. The minimum absolute atomic E-state index is 0.0502. The standard InChI is InChI=1S/C21H21F4NO5S/c1-13-12-30-18-9-4-14(11-19(27)31-20(2,3)21(23,24)25)10-17(18)26(13)32(28,29)16-7-5-15(22)6-8-16/h4-10,13H,11-12H2,1-3H3/t13-/m0/s1. The molecule has 32 heavy (non-hydrogen) atoms. The molecule has 0 aromatic heterocycles. The Morgan fingerprint density at radius 1 is 1.16 bits per heavy atom. The lowest BCUT2D eigenvalue weighted by atomic mass is 10.1. The number of carbonyl (C=O) groups is 1. The van der Waals surface area contributed by atoms with Gasteiger partial charge in [0.05, 0.1) is 23.0 Å². The number of ether oxygens (including phenoxy) is 2. The number of rotatable bonds is 5. The van der Waals surface area contributed by atoms with Crippen molar-refractivity contribution in [1.82, 2.24) is 0 Å². The minimum atomic E-state index is -4.75. The van der Waals surface area contributed by atoms with Crippen LogP contribution in [0.25, 0.3) is 0 Å². The SMILES string of the molecule is C[C@H]1COc2ccc(CC(=O)OC(C)(C)C(F)(F)F)cc2N1S(=O)(=O)c1ccc(F)cc1. The second-order valence-electron chi connectivity index (χ2n) is 7.88. The van der Waals surface area contributed by atoms with E-state index in [1.54, 1.807) is 6.92 Å². The first-order valence-corrected chi connectivity index (χ1v) is 11.0. The first-order chi connectivity index (χ1) is 14.7. The van der Waals surface area contributed by atoms with Crippen LogP contribution in [-0.2, 0) is 26.0 Å². The van der Waals surface area contributed by atoms with E-state index in [9.17, 15) is 30.8 Å². The molecule has 2 aromatic carbocycles. The molecule has 2 aromatic rings. The summed E-state index contributed by atoms with van der Waals surface area (Å²) in [5.74, 6) is -1.49. The fourth-order valence-corrected chi connectivity index (χ4v) is 4.76. The van der Waals surface area contributed by atoms with E-state index in [0.29, 0.717) is 0 Å². The van der Waals surface area contributed by atoms with Gasteiger partial charge in [0, 0.05) is 0 Å². The van der Waals surface area contributed by atoms with Crippen molar-refractivity contribution in [3.8, 4) is 5.75 Å². The van der Waals surface area contributed by atoms with Gasteiger partial charge in [-0.1, -0.05) is 6.07 Å². The number of carbonyl (C=O) groups excluding carboxylic acids is 1. The average Bonchev–Trinajstić information content (AvgIpc) is 2.66. The van der Waals surface area contributed by atoms with Gasteiger partial charge in [-0.25, -0.2) is 12.8 Å². The highest BCUT2D eigenvalue weighted by Gasteiger charge is 2.50. The lowest BCUT2D eigenvalue weighted by Gasteiger charge is -2.36. The van der Waals surface area contributed by atoms with E-state index in [4.69, 9.17) is 4.74 Å². The molecule has 1 atom stereocenters. The van der Waals surface area contributed by atoms with Crippen LogP contribution in [0.2, 0.25) is 0 Å². The first-order valence-electron chi connectivity index (χ1n) is 9.57. The zero-order valence-electron chi connectivity index (χ0n) is 17.4. The fraction of sp³-hybridized carbons (Fsp3) is 0.381. The number of esters is 1. The smallest absolute Gasteiger partial charge is 0.427 e. The van der Waals surface area contributed by atoms with Crippen molar-refractivity contribution in [2.45, 2.75) is 49.9 Å². The Balaban J connectivity index is 1.93. The van der Waals surface area contributed by atoms with E-state index in [-0.39, 0.29) is 28.5 Å². The van der Waals surface area contributed by atoms with Gasteiger partial charge in [0.15, 0.2) is 0 Å². The van der Waals surface area contributed by atoms with Crippen LogP contribution in [0, 0.1) is 5.82 Å². The van der Waals surface area contributed by atoms with Crippen LogP contribution in [0.15, 0.2) is 47.4 Å². The summed E-state index contributed by atoms with van der Waals surface area (Å²) in [5, 5.41) is 0. The molecule has 3 rings (SSSR count). The summed E-state index contributed by atoms with van der Waals surface area (Å²) < 4.78 is 89.9. The molecule has 1 aliphatic rings. The maximum Gasteiger partial charge on any atom is 0.427 e. The largest absolute Gasteiger partial charge is 0.489 e. The third-order valence-electron chi connectivity index (χ3n) is 4.91. The maximum atomic E-state index is 13.3. The quantitative estimate of drug-likeness (QED) is 0.478. The van der Waals surface area contributed by atoms with Crippen LogP contribution in [0.4, 0.5) is 23.2 Å². The average molecular weight is 475 g/mol. The van der Waals surface area contributed by atoms with Crippen LogP contribution >= 0.6 is 0 Å². The topological polar surface area (TPSA) is 72.9 Å². The second kappa shape index (κ2) is 8.27. The number of nitrogens with zero attached hydrogens (tertiary/aromatic N) is 1. The van der Waals surface area contributed by atoms with E-state index < -0.39 is 46.0 Å². The summed E-state index contributed by atoms with van der Waals surface area (Å²) in [5.41, 5.74) is -2.31. The monoisotopic (exact) mass is 475 g/mol. The molecule has 0 N–H and O–H groups in total. The molecule has 0 fully saturated rings. The molecule has 0 unspecified atom stereocenters. The van der Waals surface area contributed by atoms with Crippen molar-refractivity contribution < 1.29 is 40.2 Å². The lowest BCUT2D eigenvalue weighted by molar-refractivity contribution is -0.257. The van der Waals surface area contributed by atoms with Crippen molar-refractivity contribution >= 4 is 21.7 Å². The predicted octanol–water partition coefficient (Wildman–Crippen LogP) is 4.23. The van der Waals surface area contributed by atoms with E-state index in [2.05, 4.69) is 4.74 Å². The summed E-state index contributed by atoms with van der Waals surface area (Å²) in [6.45, 7) is 3.14. The maximum absolute atomic E-state index is 13.3. The van der Waals surface area contributed by atoms with Gasteiger partial charge in [-0.2, -0.15) is 13.2 Å². The van der Waals surface area contributed by atoms with Gasteiger partial charge >= 0.3 is 12.1 Å². The molecule has 0 aliphatic carbocycles. The molecule has 0 spiro atoms. The van der Waals surface area contributed by atoms with E-state index in [0.717, 1.165) is 42.4 Å². The van der Waals surface area contributed by atoms with Crippen LogP contribution in [0.5, 0.6) is 5.75 Å². The Morgan fingerprint density at radius 2 is 1.78 bits per heavy atom. The number of sulfonamides is 1. The third-order valence-corrected chi connectivity index (χ3v) is 6.85. The molecular formula is C21H21F4NO5S. The molecule has 1 aliphatic heterocycles. The van der Waals surface area contributed by atoms with Crippen molar-refractivity contribution in [2.75, 3.05) is 10.9 Å². The Hall–Kier alpha value is -2.82. The zero-order valence-corrected chi connectivity index (χ0v) is 18.3. The van der Waals surface area contributed by atoms with Crippen molar-refractivity contribution in [2.24, 2.45) is 0 Å². The van der Waals surface area contributed by atoms with Crippen LogP contribution in [0.1, 0.15) is 26.3 Å². The van der Waals surface area contributed by atoms with Crippen molar-refractivity contribution in [1.29, 1.82) is 0 Å². The predicted molar refractivity (Wildman–Crippen MR) is 107 cm³/mol. The molecule has 0 amide bonds. The molecule has 1 heterocycles. The van der Waals surface area contributed by atoms with Gasteiger partial charge in [-0.3, -0.25) is 9.10 Å². The summed E-state index contributed by atoms with van der Waals surface area (Å²) in [6.07, 6.45) is -5.26. The van der Waals surface area contributed by atoms with E-state index >= 15 is 0 Å². The number of halogens is 4. The molecule has 0 saturated carbocycles. The Bertz CT molecular complexity index is 1110. The van der Waals surface area contributed by atoms with Gasteiger partial charge in [0.25, 0.3) is 10.0 Å². The normalized spacial score (nSPS) is 16.8. The summed E-state index contributed by atoms with van der Waals surface area (Å²) in [6, 6.07) is 7.91. The lowest BCUT2D eigenvalue weighted by Crippen LogP contribution is -2.45. The number of anilines is 1. The van der Waals surface area contributed by atoms with Gasteiger partial charge in [0.2, 0.25) is 5.60 Å². The van der Waals surface area contributed by atoms with Crippen molar-refractivity contribution in [3.63, 3.8) is 0 Å². The highest BCUT2D eigenvalue weighted by molar-refractivity contribution is 7.92. The molecule has 0 saturated heterocycles. The molecule has 174 valence electrons. The zero-order chi connectivity index (χ0) is 23.9. The summed E-state index contributed by atoms with van der Waals surface area (Å²) >= 11 is 0. The third kappa shape index (κ3) is 4.67. The molecule has 6 nitrogen and oxygen atoms in total. The van der Waals surface area contributed by atoms with Gasteiger partial charge in [-0.15, -0.1) is 0 Å². The number of benzene rings is 2. The molecule has 0 bridgehead atoms. The highest BCUT2D eigenvalue weighted by atomic mass is 32.2. The van der Waals surface area contributed by atoms with Crippen LogP contribution in [-0.4, -0.2) is 38.8 Å². The first kappa shape index (κ1) is 23.8. The summed E-state index contributed by atoms with van der Waals surface area (Å²) in [4.78, 5) is 12.0. The van der Waals surface area contributed by atoms with Gasteiger partial charge in [-0.05, 0) is 62.7 Å². The fourth-order valence-electron chi connectivity index (χ4n) is 3.11. The number of alkyl halides is 3. The summed E-state index contributed by atoms with van der Waals surface area (Å²) in [7, 11) is -4.11. The van der Waals surface area contributed by atoms with Crippen molar-refractivity contribution in [3.05, 3.63) is 53.8 Å². The molecular weight excluding hydrogens is 454 g/mol. The minimum Gasteiger partial charge on any atom is -0.489 e. The van der Waals surface area contributed by atoms with Gasteiger partial charge in [0.1, 0.15) is 18.2 Å². The van der Waals surface area contributed by atoms with E-state index in [1.807, 2.05) is 0 Å². The molecule has 11 heteroatoms. The second-order valence-corrected chi connectivity index (χ2v) is 9.69.